The maximum Gasteiger partial charge on any atom is 0.222 e. The highest BCUT2D eigenvalue weighted by molar-refractivity contribution is 5.78. The van der Waals surface area contributed by atoms with Crippen molar-refractivity contribution in [3.63, 3.8) is 0 Å². The van der Waals surface area contributed by atoms with Crippen LogP contribution in [0, 0.1) is 17.7 Å². The highest BCUT2D eigenvalue weighted by Crippen LogP contribution is 2.13. The molecule has 0 aliphatic carbocycles. The first-order valence-corrected chi connectivity index (χ1v) is 6.75. The molecule has 2 atom stereocenters. The average molecular weight is 266 g/mol. The fourth-order valence-electron chi connectivity index (χ4n) is 1.74. The number of benzene rings is 1. The van der Waals surface area contributed by atoms with Crippen molar-refractivity contribution in [1.82, 2.24) is 5.32 Å². The molecule has 0 fully saturated rings. The Morgan fingerprint density at radius 2 is 2.05 bits per heavy atom. The minimum Gasteiger partial charge on any atom is -0.356 e. The predicted octanol–water partition coefficient (Wildman–Crippen LogP) is 2.11. The molecule has 1 rings (SSSR count). The van der Waals surface area contributed by atoms with E-state index in [0.717, 1.165) is 0 Å². The van der Waals surface area contributed by atoms with Crippen LogP contribution < -0.4 is 11.1 Å². The molecule has 0 saturated heterocycles. The van der Waals surface area contributed by atoms with E-state index in [1.165, 1.54) is 6.07 Å². The predicted molar refractivity (Wildman–Crippen MR) is 75.1 cm³/mol. The third-order valence-corrected chi connectivity index (χ3v) is 3.28. The van der Waals surface area contributed by atoms with Crippen LogP contribution in [-0.2, 0) is 11.2 Å². The van der Waals surface area contributed by atoms with Crippen molar-refractivity contribution >= 4 is 5.91 Å². The SMILES string of the molecule is CC(CN)CNC(=O)C(C)CCc1ccccc1F. The first-order chi connectivity index (χ1) is 9.04. The van der Waals surface area contributed by atoms with Crippen molar-refractivity contribution in [1.29, 1.82) is 0 Å². The van der Waals surface area contributed by atoms with Crippen LogP contribution in [0.25, 0.3) is 0 Å². The Kier molecular flexibility index (Phi) is 6.50. The van der Waals surface area contributed by atoms with Gasteiger partial charge in [0, 0.05) is 12.5 Å². The van der Waals surface area contributed by atoms with Crippen LogP contribution in [0.15, 0.2) is 24.3 Å². The van der Waals surface area contributed by atoms with Crippen LogP contribution in [0.2, 0.25) is 0 Å². The Morgan fingerprint density at radius 1 is 1.37 bits per heavy atom. The van der Waals surface area contributed by atoms with Crippen LogP contribution in [0.4, 0.5) is 4.39 Å². The smallest absolute Gasteiger partial charge is 0.222 e. The molecule has 0 aliphatic heterocycles. The van der Waals surface area contributed by atoms with Gasteiger partial charge in [-0.25, -0.2) is 4.39 Å². The number of nitrogens with two attached hydrogens (primary N) is 1. The lowest BCUT2D eigenvalue weighted by molar-refractivity contribution is -0.124. The number of rotatable bonds is 7. The monoisotopic (exact) mass is 266 g/mol. The van der Waals surface area contributed by atoms with Gasteiger partial charge in [-0.05, 0) is 36.9 Å². The Labute approximate surface area is 114 Å². The number of halogens is 1. The van der Waals surface area contributed by atoms with Gasteiger partial charge in [-0.15, -0.1) is 0 Å². The molecule has 19 heavy (non-hydrogen) atoms. The van der Waals surface area contributed by atoms with E-state index in [4.69, 9.17) is 5.73 Å². The summed E-state index contributed by atoms with van der Waals surface area (Å²) in [5.41, 5.74) is 6.16. The summed E-state index contributed by atoms with van der Waals surface area (Å²) in [6, 6.07) is 6.69. The molecule has 3 nitrogen and oxygen atoms in total. The molecule has 1 aromatic rings. The van der Waals surface area contributed by atoms with Crippen molar-refractivity contribution in [3.8, 4) is 0 Å². The van der Waals surface area contributed by atoms with E-state index in [9.17, 15) is 9.18 Å². The largest absolute Gasteiger partial charge is 0.356 e. The number of carbonyl (C=O) groups excluding carboxylic acids is 1. The molecule has 1 amide bonds. The van der Waals surface area contributed by atoms with Crippen molar-refractivity contribution in [2.75, 3.05) is 13.1 Å². The number of hydrogen-bond acceptors (Lipinski definition) is 2. The molecule has 1 aromatic carbocycles. The summed E-state index contributed by atoms with van der Waals surface area (Å²) in [5.74, 6) is -0.0317. The highest BCUT2D eigenvalue weighted by Gasteiger charge is 2.14. The Bertz CT molecular complexity index is 409. The van der Waals surface area contributed by atoms with Gasteiger partial charge in [-0.3, -0.25) is 4.79 Å². The van der Waals surface area contributed by atoms with Gasteiger partial charge in [0.2, 0.25) is 5.91 Å². The number of amides is 1. The van der Waals surface area contributed by atoms with E-state index in [2.05, 4.69) is 5.32 Å². The summed E-state index contributed by atoms with van der Waals surface area (Å²) >= 11 is 0. The minimum absolute atomic E-state index is 0.0108. The maximum absolute atomic E-state index is 13.4. The van der Waals surface area contributed by atoms with E-state index in [-0.39, 0.29) is 23.6 Å². The number of carbonyl (C=O) groups is 1. The Hall–Kier alpha value is -1.42. The van der Waals surface area contributed by atoms with E-state index in [1.807, 2.05) is 19.9 Å². The van der Waals surface area contributed by atoms with Gasteiger partial charge in [0.1, 0.15) is 5.82 Å². The molecular formula is C15H23FN2O. The molecule has 3 N–H and O–H groups in total. The van der Waals surface area contributed by atoms with Gasteiger partial charge >= 0.3 is 0 Å². The lowest BCUT2D eigenvalue weighted by Gasteiger charge is -2.14. The molecule has 0 aliphatic rings. The van der Waals surface area contributed by atoms with Gasteiger partial charge in [-0.2, -0.15) is 0 Å². The van der Waals surface area contributed by atoms with Crippen LogP contribution in [0.1, 0.15) is 25.8 Å². The first-order valence-electron chi connectivity index (χ1n) is 6.75. The molecule has 2 unspecified atom stereocenters. The zero-order valence-electron chi connectivity index (χ0n) is 11.7. The molecule has 0 heterocycles. The summed E-state index contributed by atoms with van der Waals surface area (Å²) in [6.07, 6.45) is 1.22. The number of nitrogens with one attached hydrogen (secondary N) is 1. The molecule has 0 bridgehead atoms. The van der Waals surface area contributed by atoms with Crippen LogP contribution in [0.5, 0.6) is 0 Å². The first kappa shape index (κ1) is 15.6. The van der Waals surface area contributed by atoms with E-state index < -0.39 is 0 Å². The lowest BCUT2D eigenvalue weighted by atomic mass is 10.00. The summed E-state index contributed by atoms with van der Waals surface area (Å²) < 4.78 is 13.4. The van der Waals surface area contributed by atoms with Gasteiger partial charge in [0.05, 0.1) is 0 Å². The van der Waals surface area contributed by atoms with Crippen molar-refractivity contribution in [2.45, 2.75) is 26.7 Å². The highest BCUT2D eigenvalue weighted by atomic mass is 19.1. The van der Waals surface area contributed by atoms with Gasteiger partial charge in [0.15, 0.2) is 0 Å². The summed E-state index contributed by atoms with van der Waals surface area (Å²) in [6.45, 7) is 5.01. The van der Waals surface area contributed by atoms with Crippen LogP contribution >= 0.6 is 0 Å². The molecule has 4 heteroatoms. The Morgan fingerprint density at radius 3 is 2.68 bits per heavy atom. The van der Waals surface area contributed by atoms with Crippen molar-refractivity contribution in [2.24, 2.45) is 17.6 Å². The lowest BCUT2D eigenvalue weighted by Crippen LogP contribution is -2.34. The second kappa shape index (κ2) is 7.89. The van der Waals surface area contributed by atoms with E-state index >= 15 is 0 Å². The maximum atomic E-state index is 13.4. The minimum atomic E-state index is -0.202. The summed E-state index contributed by atoms with van der Waals surface area (Å²) in [4.78, 5) is 11.8. The Balaban J connectivity index is 2.36. The zero-order chi connectivity index (χ0) is 14.3. The zero-order valence-corrected chi connectivity index (χ0v) is 11.7. The quantitative estimate of drug-likeness (QED) is 0.794. The molecule has 0 aromatic heterocycles. The summed E-state index contributed by atoms with van der Waals surface area (Å²) in [7, 11) is 0. The number of hydrogen-bond donors (Lipinski definition) is 2. The topological polar surface area (TPSA) is 55.1 Å². The van der Waals surface area contributed by atoms with E-state index in [0.29, 0.717) is 31.5 Å². The van der Waals surface area contributed by atoms with Crippen molar-refractivity contribution in [3.05, 3.63) is 35.6 Å². The molecular weight excluding hydrogens is 243 g/mol. The third kappa shape index (κ3) is 5.39. The number of aryl methyl sites for hydroxylation is 1. The standard InChI is InChI=1S/C15H23FN2O/c1-11(9-17)10-18-15(19)12(2)7-8-13-5-3-4-6-14(13)16/h3-6,11-12H,7-10,17H2,1-2H3,(H,18,19). The van der Waals surface area contributed by atoms with Gasteiger partial charge in [-0.1, -0.05) is 32.0 Å². The summed E-state index contributed by atoms with van der Waals surface area (Å²) in [5, 5.41) is 2.87. The fourth-order valence-corrected chi connectivity index (χ4v) is 1.74. The second-order valence-corrected chi connectivity index (χ2v) is 5.12. The van der Waals surface area contributed by atoms with Crippen LogP contribution in [-0.4, -0.2) is 19.0 Å². The third-order valence-electron chi connectivity index (χ3n) is 3.28. The van der Waals surface area contributed by atoms with Gasteiger partial charge in [0.25, 0.3) is 0 Å². The molecule has 106 valence electrons. The molecule has 0 spiro atoms. The van der Waals surface area contributed by atoms with E-state index in [1.54, 1.807) is 12.1 Å². The van der Waals surface area contributed by atoms with Crippen LogP contribution in [0.3, 0.4) is 0 Å². The average Bonchev–Trinajstić information content (AvgIpc) is 2.43. The molecule has 0 radical (unpaired) electrons. The second-order valence-electron chi connectivity index (χ2n) is 5.12. The van der Waals surface area contributed by atoms with Crippen molar-refractivity contribution < 1.29 is 9.18 Å². The normalized spacial score (nSPS) is 13.9. The molecule has 0 saturated carbocycles. The fraction of sp³-hybridized carbons (Fsp3) is 0.533. The van der Waals surface area contributed by atoms with Gasteiger partial charge < -0.3 is 11.1 Å².